The zero-order valence-corrected chi connectivity index (χ0v) is 13.0. The zero-order valence-electron chi connectivity index (χ0n) is 12.2. The molecule has 2 fully saturated rings. The van der Waals surface area contributed by atoms with Gasteiger partial charge in [0.1, 0.15) is 0 Å². The fourth-order valence-electron chi connectivity index (χ4n) is 3.37. The lowest BCUT2D eigenvalue weighted by Crippen LogP contribution is -2.63. The number of nitrogens with zero attached hydrogens (tertiary/aromatic N) is 1. The summed E-state index contributed by atoms with van der Waals surface area (Å²) in [6.45, 7) is 7.68. The maximum Gasteiger partial charge on any atom is 0.234 e. The monoisotopic (exact) mass is 289 g/mol. The van der Waals surface area contributed by atoms with Gasteiger partial charge in [-0.05, 0) is 26.7 Å². The highest BCUT2D eigenvalue weighted by Crippen LogP contribution is 2.34. The molecule has 19 heavy (non-hydrogen) atoms. The lowest BCUT2D eigenvalue weighted by molar-refractivity contribution is -0.125. The summed E-state index contributed by atoms with van der Waals surface area (Å²) in [5, 5.41) is 6.53. The Kier molecular flexibility index (Phi) is 6.57. The number of amides is 1. The van der Waals surface area contributed by atoms with Gasteiger partial charge >= 0.3 is 0 Å². The van der Waals surface area contributed by atoms with Crippen molar-refractivity contribution >= 4 is 18.3 Å². The van der Waals surface area contributed by atoms with E-state index in [9.17, 15) is 4.79 Å². The van der Waals surface area contributed by atoms with Gasteiger partial charge in [0.15, 0.2) is 0 Å². The van der Waals surface area contributed by atoms with Gasteiger partial charge in [0.2, 0.25) is 5.91 Å². The molecule has 2 N–H and O–H groups in total. The van der Waals surface area contributed by atoms with Gasteiger partial charge in [-0.3, -0.25) is 9.69 Å². The number of nitrogens with one attached hydrogen (secondary N) is 2. The van der Waals surface area contributed by atoms with Gasteiger partial charge in [-0.25, -0.2) is 0 Å². The normalized spacial score (nSPS) is 23.1. The van der Waals surface area contributed by atoms with Crippen molar-refractivity contribution in [2.75, 3.05) is 26.2 Å². The summed E-state index contributed by atoms with van der Waals surface area (Å²) in [6, 6.07) is 0.239. The molecule has 0 bridgehead atoms. The van der Waals surface area contributed by atoms with Gasteiger partial charge < -0.3 is 10.6 Å². The maximum atomic E-state index is 12.0. The third-order valence-corrected chi connectivity index (χ3v) is 4.25. The predicted molar refractivity (Wildman–Crippen MR) is 80.8 cm³/mol. The topological polar surface area (TPSA) is 44.4 Å². The Morgan fingerprint density at radius 2 is 2.00 bits per heavy atom. The Morgan fingerprint density at radius 1 is 1.32 bits per heavy atom. The molecule has 1 aliphatic heterocycles. The largest absolute Gasteiger partial charge is 0.353 e. The summed E-state index contributed by atoms with van der Waals surface area (Å²) >= 11 is 0. The number of carbonyl (C=O) groups is 1. The molecule has 0 aromatic rings. The number of rotatable bonds is 3. The molecule has 1 spiro atoms. The van der Waals surface area contributed by atoms with Gasteiger partial charge in [0, 0.05) is 31.2 Å². The van der Waals surface area contributed by atoms with Crippen LogP contribution in [-0.2, 0) is 4.79 Å². The molecule has 2 rings (SSSR count). The number of carbonyl (C=O) groups excluding carboxylic acids is 1. The summed E-state index contributed by atoms with van der Waals surface area (Å²) in [4.78, 5) is 14.4. The van der Waals surface area contributed by atoms with E-state index in [1.165, 1.54) is 32.1 Å². The second-order valence-corrected chi connectivity index (χ2v) is 6.11. The minimum atomic E-state index is 0. The molecular weight excluding hydrogens is 262 g/mol. The average Bonchev–Trinajstić information content (AvgIpc) is 2.32. The minimum absolute atomic E-state index is 0. The van der Waals surface area contributed by atoms with Crippen molar-refractivity contribution in [2.45, 2.75) is 57.5 Å². The van der Waals surface area contributed by atoms with Crippen molar-refractivity contribution in [1.82, 2.24) is 15.5 Å². The standard InChI is InChI=1S/C14H27N3O.ClH/c1-12(2)16-13(18)10-17-9-8-15-11-14(17)6-4-3-5-7-14;/h12,15H,3-11H2,1-2H3,(H,16,18);1H. The van der Waals surface area contributed by atoms with Crippen LogP contribution in [0.1, 0.15) is 46.0 Å². The first-order valence-electron chi connectivity index (χ1n) is 7.37. The van der Waals surface area contributed by atoms with E-state index in [-0.39, 0.29) is 29.9 Å². The highest BCUT2D eigenvalue weighted by Gasteiger charge is 2.40. The van der Waals surface area contributed by atoms with Gasteiger partial charge in [-0.2, -0.15) is 0 Å². The minimum Gasteiger partial charge on any atom is -0.353 e. The van der Waals surface area contributed by atoms with Crippen molar-refractivity contribution in [1.29, 1.82) is 0 Å². The molecule has 1 saturated heterocycles. The number of halogens is 1. The van der Waals surface area contributed by atoms with Crippen LogP contribution in [0.15, 0.2) is 0 Å². The quantitative estimate of drug-likeness (QED) is 0.828. The summed E-state index contributed by atoms with van der Waals surface area (Å²) in [5.74, 6) is 0.178. The van der Waals surface area contributed by atoms with Crippen LogP contribution in [0.5, 0.6) is 0 Å². The van der Waals surface area contributed by atoms with Crippen LogP contribution in [0.2, 0.25) is 0 Å². The Bertz CT molecular complexity index is 282. The highest BCUT2D eigenvalue weighted by molar-refractivity contribution is 5.85. The Morgan fingerprint density at radius 3 is 2.63 bits per heavy atom. The first-order chi connectivity index (χ1) is 8.62. The summed E-state index contributed by atoms with van der Waals surface area (Å²) in [6.07, 6.45) is 6.46. The molecule has 2 aliphatic rings. The molecule has 0 aromatic carbocycles. The van der Waals surface area contributed by atoms with Crippen molar-refractivity contribution in [2.24, 2.45) is 0 Å². The molecular formula is C14H28ClN3O. The van der Waals surface area contributed by atoms with E-state index in [4.69, 9.17) is 0 Å². The van der Waals surface area contributed by atoms with Crippen LogP contribution in [0, 0.1) is 0 Å². The van der Waals surface area contributed by atoms with E-state index in [1.54, 1.807) is 0 Å². The van der Waals surface area contributed by atoms with E-state index in [1.807, 2.05) is 13.8 Å². The highest BCUT2D eigenvalue weighted by atomic mass is 35.5. The van der Waals surface area contributed by atoms with Crippen LogP contribution in [0.3, 0.4) is 0 Å². The van der Waals surface area contributed by atoms with E-state index >= 15 is 0 Å². The molecule has 1 aliphatic carbocycles. The number of hydrogen-bond acceptors (Lipinski definition) is 3. The van der Waals surface area contributed by atoms with Gasteiger partial charge in [0.25, 0.3) is 0 Å². The summed E-state index contributed by atoms with van der Waals surface area (Å²) < 4.78 is 0. The first-order valence-corrected chi connectivity index (χ1v) is 7.37. The summed E-state index contributed by atoms with van der Waals surface area (Å²) in [7, 11) is 0. The molecule has 4 nitrogen and oxygen atoms in total. The molecule has 1 heterocycles. The number of piperazine rings is 1. The Balaban J connectivity index is 0.00000180. The van der Waals surface area contributed by atoms with Crippen molar-refractivity contribution in [3.05, 3.63) is 0 Å². The maximum absolute atomic E-state index is 12.0. The van der Waals surface area contributed by atoms with Crippen LogP contribution < -0.4 is 10.6 Å². The van der Waals surface area contributed by atoms with Crippen molar-refractivity contribution in [3.8, 4) is 0 Å². The first kappa shape index (κ1) is 16.7. The van der Waals surface area contributed by atoms with Gasteiger partial charge in [-0.1, -0.05) is 19.3 Å². The molecule has 1 saturated carbocycles. The van der Waals surface area contributed by atoms with E-state index in [0.717, 1.165) is 19.6 Å². The SMILES string of the molecule is CC(C)NC(=O)CN1CCNCC12CCCCC2.Cl. The fraction of sp³-hybridized carbons (Fsp3) is 0.929. The zero-order chi connectivity index (χ0) is 13.0. The molecule has 0 unspecified atom stereocenters. The molecule has 112 valence electrons. The third-order valence-electron chi connectivity index (χ3n) is 4.25. The van der Waals surface area contributed by atoms with Crippen molar-refractivity contribution < 1.29 is 4.79 Å². The second-order valence-electron chi connectivity index (χ2n) is 6.11. The third kappa shape index (κ3) is 4.33. The van der Waals surface area contributed by atoms with Crippen LogP contribution >= 0.6 is 12.4 Å². The van der Waals surface area contributed by atoms with Gasteiger partial charge in [0.05, 0.1) is 6.54 Å². The van der Waals surface area contributed by atoms with E-state index in [0.29, 0.717) is 6.54 Å². The lowest BCUT2D eigenvalue weighted by Gasteiger charge is -2.49. The van der Waals surface area contributed by atoms with Crippen molar-refractivity contribution in [3.63, 3.8) is 0 Å². The predicted octanol–water partition coefficient (Wildman–Crippen LogP) is 1.54. The summed E-state index contributed by atoms with van der Waals surface area (Å²) in [5.41, 5.74) is 0.255. The molecule has 0 aromatic heterocycles. The molecule has 0 radical (unpaired) electrons. The van der Waals surface area contributed by atoms with E-state index in [2.05, 4.69) is 15.5 Å². The van der Waals surface area contributed by atoms with Crippen LogP contribution in [0.4, 0.5) is 0 Å². The molecule has 0 atom stereocenters. The van der Waals surface area contributed by atoms with Crippen LogP contribution in [-0.4, -0.2) is 48.6 Å². The Labute approximate surface area is 123 Å². The molecule has 5 heteroatoms. The Hall–Kier alpha value is -0.320. The smallest absolute Gasteiger partial charge is 0.234 e. The van der Waals surface area contributed by atoms with Crippen LogP contribution in [0.25, 0.3) is 0 Å². The second kappa shape index (κ2) is 7.46. The van der Waals surface area contributed by atoms with Gasteiger partial charge in [-0.15, -0.1) is 12.4 Å². The molecule has 1 amide bonds. The fourth-order valence-corrected chi connectivity index (χ4v) is 3.37. The lowest BCUT2D eigenvalue weighted by atomic mass is 9.79. The average molecular weight is 290 g/mol. The number of hydrogen-bond donors (Lipinski definition) is 2. The van der Waals surface area contributed by atoms with E-state index < -0.39 is 0 Å².